The summed E-state index contributed by atoms with van der Waals surface area (Å²) in [4.78, 5) is 5.58. The lowest BCUT2D eigenvalue weighted by Gasteiger charge is -2.20. The standard InChI is InChI=1S/C19H29F3N4O/c1-14(2)12-27-17-6-4-15(5-7-17)10-24-18(23-3)25-16-8-9-26(11-16)13-19(20,21)22/h4-7,14,16H,8-13H2,1-3H3,(H2,23,24,25). The molecule has 2 N–H and O–H groups in total. The van der Waals surface area contributed by atoms with Crippen LogP contribution in [0.3, 0.4) is 0 Å². The summed E-state index contributed by atoms with van der Waals surface area (Å²) in [5.41, 5.74) is 1.07. The Kier molecular flexibility index (Phi) is 7.77. The van der Waals surface area contributed by atoms with Crippen LogP contribution in [0.4, 0.5) is 13.2 Å². The summed E-state index contributed by atoms with van der Waals surface area (Å²) in [6, 6.07) is 7.79. The third-order valence-corrected chi connectivity index (χ3v) is 4.21. The Bertz CT molecular complexity index is 602. The van der Waals surface area contributed by atoms with E-state index in [9.17, 15) is 13.2 Å². The maximum atomic E-state index is 12.5. The average Bonchev–Trinajstić information content (AvgIpc) is 3.02. The number of hydrogen-bond donors (Lipinski definition) is 2. The number of alkyl halides is 3. The van der Waals surface area contributed by atoms with Gasteiger partial charge in [-0.05, 0) is 30.0 Å². The van der Waals surface area contributed by atoms with Crippen molar-refractivity contribution in [3.8, 4) is 5.75 Å². The lowest BCUT2D eigenvalue weighted by atomic mass is 10.2. The Morgan fingerprint density at radius 2 is 2.00 bits per heavy atom. The number of ether oxygens (including phenoxy) is 1. The van der Waals surface area contributed by atoms with E-state index in [2.05, 4.69) is 29.5 Å². The number of nitrogens with one attached hydrogen (secondary N) is 2. The molecule has 1 saturated heterocycles. The van der Waals surface area contributed by atoms with E-state index in [1.54, 1.807) is 7.05 Å². The van der Waals surface area contributed by atoms with Crippen LogP contribution in [0.15, 0.2) is 29.3 Å². The van der Waals surface area contributed by atoms with Crippen LogP contribution in [0, 0.1) is 5.92 Å². The Morgan fingerprint density at radius 3 is 2.59 bits per heavy atom. The van der Waals surface area contributed by atoms with E-state index in [0.717, 1.165) is 11.3 Å². The van der Waals surface area contributed by atoms with Crippen LogP contribution in [-0.4, -0.2) is 56.4 Å². The third kappa shape index (κ3) is 8.07. The minimum atomic E-state index is -4.15. The zero-order valence-corrected chi connectivity index (χ0v) is 16.1. The highest BCUT2D eigenvalue weighted by Gasteiger charge is 2.34. The first-order valence-electron chi connectivity index (χ1n) is 9.23. The summed E-state index contributed by atoms with van der Waals surface area (Å²) < 4.78 is 43.1. The highest BCUT2D eigenvalue weighted by atomic mass is 19.4. The van der Waals surface area contributed by atoms with Gasteiger partial charge in [0.15, 0.2) is 5.96 Å². The second-order valence-corrected chi connectivity index (χ2v) is 7.25. The lowest BCUT2D eigenvalue weighted by molar-refractivity contribution is -0.143. The van der Waals surface area contributed by atoms with Gasteiger partial charge in [0.25, 0.3) is 0 Å². The fraction of sp³-hybridized carbons (Fsp3) is 0.632. The van der Waals surface area contributed by atoms with Gasteiger partial charge in [0.2, 0.25) is 0 Å². The molecule has 1 aromatic rings. The van der Waals surface area contributed by atoms with Gasteiger partial charge in [-0.3, -0.25) is 9.89 Å². The summed E-state index contributed by atoms with van der Waals surface area (Å²) in [5, 5.41) is 6.40. The minimum absolute atomic E-state index is 0.0367. The summed E-state index contributed by atoms with van der Waals surface area (Å²) in [7, 11) is 1.65. The molecule has 0 spiro atoms. The fourth-order valence-electron chi connectivity index (χ4n) is 2.89. The highest BCUT2D eigenvalue weighted by Crippen LogP contribution is 2.20. The SMILES string of the molecule is CN=C(NCc1ccc(OCC(C)C)cc1)NC1CCN(CC(F)(F)F)C1. The van der Waals surface area contributed by atoms with Crippen molar-refractivity contribution in [2.45, 2.75) is 39.0 Å². The predicted octanol–water partition coefficient (Wildman–Crippen LogP) is 3.02. The van der Waals surface area contributed by atoms with E-state index in [0.29, 0.717) is 44.5 Å². The molecule has 0 aliphatic carbocycles. The molecular weight excluding hydrogens is 357 g/mol. The number of nitrogens with zero attached hydrogens (tertiary/aromatic N) is 2. The van der Waals surface area contributed by atoms with Crippen molar-refractivity contribution in [2.75, 3.05) is 33.3 Å². The highest BCUT2D eigenvalue weighted by molar-refractivity contribution is 5.80. The molecule has 1 fully saturated rings. The zero-order chi connectivity index (χ0) is 19.9. The Balaban J connectivity index is 1.76. The number of guanidine groups is 1. The average molecular weight is 386 g/mol. The molecule has 0 amide bonds. The monoisotopic (exact) mass is 386 g/mol. The molecule has 0 saturated carbocycles. The van der Waals surface area contributed by atoms with Gasteiger partial charge in [-0.2, -0.15) is 13.2 Å². The topological polar surface area (TPSA) is 48.9 Å². The van der Waals surface area contributed by atoms with Crippen molar-refractivity contribution in [3.05, 3.63) is 29.8 Å². The molecule has 8 heteroatoms. The number of halogens is 3. The van der Waals surface area contributed by atoms with Gasteiger partial charge >= 0.3 is 6.18 Å². The first-order valence-corrected chi connectivity index (χ1v) is 9.23. The molecule has 1 unspecified atom stereocenters. The van der Waals surface area contributed by atoms with Crippen molar-refractivity contribution < 1.29 is 17.9 Å². The van der Waals surface area contributed by atoms with E-state index >= 15 is 0 Å². The van der Waals surface area contributed by atoms with Gasteiger partial charge in [-0.25, -0.2) is 0 Å². The van der Waals surface area contributed by atoms with Crippen LogP contribution in [0.1, 0.15) is 25.8 Å². The fourth-order valence-corrected chi connectivity index (χ4v) is 2.89. The van der Waals surface area contributed by atoms with Crippen LogP contribution in [-0.2, 0) is 6.54 Å². The number of aliphatic imine (C=N–C) groups is 1. The Labute approximate surface area is 159 Å². The van der Waals surface area contributed by atoms with Crippen molar-refractivity contribution in [1.29, 1.82) is 0 Å². The van der Waals surface area contributed by atoms with E-state index in [1.807, 2.05) is 24.3 Å². The molecule has 1 heterocycles. The van der Waals surface area contributed by atoms with Crippen LogP contribution in [0.2, 0.25) is 0 Å². The maximum absolute atomic E-state index is 12.5. The van der Waals surface area contributed by atoms with Crippen molar-refractivity contribution in [3.63, 3.8) is 0 Å². The number of benzene rings is 1. The lowest BCUT2D eigenvalue weighted by Crippen LogP contribution is -2.44. The van der Waals surface area contributed by atoms with Crippen LogP contribution >= 0.6 is 0 Å². The maximum Gasteiger partial charge on any atom is 0.401 e. The number of rotatable bonds is 7. The smallest absolute Gasteiger partial charge is 0.401 e. The predicted molar refractivity (Wildman–Crippen MR) is 101 cm³/mol. The summed E-state index contributed by atoms with van der Waals surface area (Å²) in [6.07, 6.45) is -3.49. The molecule has 1 aromatic carbocycles. The second kappa shape index (κ2) is 9.82. The zero-order valence-electron chi connectivity index (χ0n) is 16.1. The molecule has 1 aliphatic heterocycles. The van der Waals surface area contributed by atoms with Crippen LogP contribution < -0.4 is 15.4 Å². The van der Waals surface area contributed by atoms with Crippen molar-refractivity contribution in [1.82, 2.24) is 15.5 Å². The van der Waals surface area contributed by atoms with E-state index < -0.39 is 12.7 Å². The van der Waals surface area contributed by atoms with Crippen LogP contribution in [0.5, 0.6) is 5.75 Å². The molecule has 152 valence electrons. The van der Waals surface area contributed by atoms with Gasteiger partial charge < -0.3 is 15.4 Å². The summed E-state index contributed by atoms with van der Waals surface area (Å²) >= 11 is 0. The summed E-state index contributed by atoms with van der Waals surface area (Å²) in [6.45, 7) is 5.40. The molecule has 5 nitrogen and oxygen atoms in total. The van der Waals surface area contributed by atoms with Crippen molar-refractivity contribution >= 4 is 5.96 Å². The van der Waals surface area contributed by atoms with E-state index in [1.165, 1.54) is 4.90 Å². The molecule has 2 rings (SSSR count). The minimum Gasteiger partial charge on any atom is -0.493 e. The van der Waals surface area contributed by atoms with Gasteiger partial charge in [0.1, 0.15) is 5.75 Å². The molecule has 27 heavy (non-hydrogen) atoms. The molecule has 0 bridgehead atoms. The molecular formula is C19H29F3N4O. The molecule has 1 atom stereocenters. The van der Waals surface area contributed by atoms with Gasteiger partial charge in [0.05, 0.1) is 13.2 Å². The van der Waals surface area contributed by atoms with Gasteiger partial charge in [0, 0.05) is 32.7 Å². The molecule has 0 aromatic heterocycles. The van der Waals surface area contributed by atoms with E-state index in [-0.39, 0.29) is 6.04 Å². The number of likely N-dealkylation sites (tertiary alicyclic amines) is 1. The van der Waals surface area contributed by atoms with Crippen LogP contribution in [0.25, 0.3) is 0 Å². The first-order chi connectivity index (χ1) is 12.7. The second-order valence-electron chi connectivity index (χ2n) is 7.25. The molecule has 1 aliphatic rings. The Hall–Kier alpha value is -1.96. The largest absolute Gasteiger partial charge is 0.493 e. The first kappa shape index (κ1) is 21.3. The number of hydrogen-bond acceptors (Lipinski definition) is 3. The van der Waals surface area contributed by atoms with Crippen molar-refractivity contribution in [2.24, 2.45) is 10.9 Å². The normalized spacial score (nSPS) is 18.8. The third-order valence-electron chi connectivity index (χ3n) is 4.21. The molecule has 0 radical (unpaired) electrons. The Morgan fingerprint density at radius 1 is 1.30 bits per heavy atom. The quantitative estimate of drug-likeness (QED) is 0.559. The van der Waals surface area contributed by atoms with E-state index in [4.69, 9.17) is 4.74 Å². The summed E-state index contributed by atoms with van der Waals surface area (Å²) in [5.74, 6) is 1.91. The van der Waals surface area contributed by atoms with Gasteiger partial charge in [-0.15, -0.1) is 0 Å². The van der Waals surface area contributed by atoms with Gasteiger partial charge in [-0.1, -0.05) is 26.0 Å².